The highest BCUT2D eigenvalue weighted by Gasteiger charge is 2.06. The normalized spacial score (nSPS) is 11.5. The minimum absolute atomic E-state index is 0. The zero-order valence-corrected chi connectivity index (χ0v) is 19.3. The number of hydrogen-bond donors (Lipinski definition) is 2. The van der Waals surface area contributed by atoms with Gasteiger partial charge in [0.25, 0.3) is 0 Å². The first-order chi connectivity index (χ1) is 11.6. The van der Waals surface area contributed by atoms with E-state index in [4.69, 9.17) is 0 Å². The first-order valence-corrected chi connectivity index (χ1v) is 10.2. The molecule has 0 aliphatic heterocycles. The van der Waals surface area contributed by atoms with Crippen molar-refractivity contribution in [2.75, 3.05) is 13.1 Å². The SMILES string of the molecule is CCNC(=NCc1csc(C(C)C)n1)NCCc1ncc(CC)s1.I. The molecule has 0 saturated heterocycles. The molecule has 2 aromatic heterocycles. The number of nitrogens with one attached hydrogen (secondary N) is 2. The van der Waals surface area contributed by atoms with E-state index < -0.39 is 0 Å². The molecule has 0 unspecified atom stereocenters. The summed E-state index contributed by atoms with van der Waals surface area (Å²) in [7, 11) is 0. The molecule has 0 atom stereocenters. The highest BCUT2D eigenvalue weighted by molar-refractivity contribution is 14.0. The lowest BCUT2D eigenvalue weighted by atomic mass is 10.2. The molecule has 0 spiro atoms. The van der Waals surface area contributed by atoms with Crippen molar-refractivity contribution in [2.45, 2.75) is 53.0 Å². The molecule has 25 heavy (non-hydrogen) atoms. The standard InChI is InChI=1S/C17H27N5S2.HI/c1-5-14-10-20-15(24-14)7-8-19-17(18-6-2)21-9-13-11-23-16(22-13)12(3)4;/h10-12H,5-9H2,1-4H3,(H2,18,19,21);1H. The van der Waals surface area contributed by atoms with Crippen LogP contribution in [0.4, 0.5) is 0 Å². The van der Waals surface area contributed by atoms with Gasteiger partial charge < -0.3 is 10.6 Å². The van der Waals surface area contributed by atoms with Gasteiger partial charge in [-0.1, -0.05) is 20.8 Å². The minimum Gasteiger partial charge on any atom is -0.357 e. The Balaban J connectivity index is 0.00000312. The molecule has 0 saturated carbocycles. The molecule has 2 N–H and O–H groups in total. The Morgan fingerprint density at radius 3 is 2.68 bits per heavy atom. The topological polar surface area (TPSA) is 62.2 Å². The van der Waals surface area contributed by atoms with Gasteiger partial charge in [-0.15, -0.1) is 46.7 Å². The number of hydrogen-bond acceptors (Lipinski definition) is 5. The van der Waals surface area contributed by atoms with Gasteiger partial charge in [0.2, 0.25) is 0 Å². The lowest BCUT2D eigenvalue weighted by Crippen LogP contribution is -2.38. The zero-order valence-electron chi connectivity index (χ0n) is 15.3. The van der Waals surface area contributed by atoms with E-state index in [1.165, 1.54) is 14.9 Å². The molecule has 5 nitrogen and oxygen atoms in total. The van der Waals surface area contributed by atoms with Gasteiger partial charge in [-0.05, 0) is 13.3 Å². The van der Waals surface area contributed by atoms with E-state index in [2.05, 4.69) is 58.7 Å². The maximum atomic E-state index is 4.63. The second kappa shape index (κ2) is 11.8. The smallest absolute Gasteiger partial charge is 0.191 e. The van der Waals surface area contributed by atoms with Gasteiger partial charge in [-0.3, -0.25) is 0 Å². The Labute approximate surface area is 175 Å². The van der Waals surface area contributed by atoms with Crippen LogP contribution < -0.4 is 10.6 Å². The van der Waals surface area contributed by atoms with Crippen molar-refractivity contribution in [1.82, 2.24) is 20.6 Å². The summed E-state index contributed by atoms with van der Waals surface area (Å²) < 4.78 is 0. The average Bonchev–Trinajstić information content (AvgIpc) is 3.22. The molecule has 8 heteroatoms. The fraction of sp³-hybridized carbons (Fsp3) is 0.588. The largest absolute Gasteiger partial charge is 0.357 e. The molecule has 0 aliphatic rings. The quantitative estimate of drug-likeness (QED) is 0.329. The molecule has 0 fully saturated rings. The van der Waals surface area contributed by atoms with E-state index in [1.54, 1.807) is 22.7 Å². The van der Waals surface area contributed by atoms with Crippen LogP contribution in [0.2, 0.25) is 0 Å². The van der Waals surface area contributed by atoms with Crippen molar-refractivity contribution in [1.29, 1.82) is 0 Å². The summed E-state index contributed by atoms with van der Waals surface area (Å²) in [5.41, 5.74) is 1.04. The maximum absolute atomic E-state index is 4.63. The third-order valence-electron chi connectivity index (χ3n) is 3.39. The summed E-state index contributed by atoms with van der Waals surface area (Å²) in [5.74, 6) is 1.31. The van der Waals surface area contributed by atoms with E-state index in [1.807, 2.05) is 6.20 Å². The van der Waals surface area contributed by atoms with Crippen molar-refractivity contribution in [3.05, 3.63) is 32.2 Å². The highest BCUT2D eigenvalue weighted by atomic mass is 127. The Morgan fingerprint density at radius 2 is 2.08 bits per heavy atom. The molecule has 2 aromatic rings. The molecule has 0 radical (unpaired) electrons. The fourth-order valence-corrected chi connectivity index (χ4v) is 3.77. The summed E-state index contributed by atoms with van der Waals surface area (Å²) in [6.07, 6.45) is 3.96. The highest BCUT2D eigenvalue weighted by Crippen LogP contribution is 2.19. The molecule has 0 aromatic carbocycles. The van der Waals surface area contributed by atoms with Crippen molar-refractivity contribution < 1.29 is 0 Å². The average molecular weight is 493 g/mol. The number of rotatable bonds is 8. The van der Waals surface area contributed by atoms with Gasteiger partial charge in [0, 0.05) is 41.9 Å². The van der Waals surface area contributed by atoms with Crippen LogP contribution in [0.25, 0.3) is 0 Å². The predicted molar refractivity (Wildman–Crippen MR) is 120 cm³/mol. The van der Waals surface area contributed by atoms with E-state index >= 15 is 0 Å². The van der Waals surface area contributed by atoms with Gasteiger partial charge in [-0.25, -0.2) is 15.0 Å². The first kappa shape index (κ1) is 22.3. The zero-order chi connectivity index (χ0) is 17.4. The second-order valence-corrected chi connectivity index (χ2v) is 7.87. The predicted octanol–water partition coefficient (Wildman–Crippen LogP) is 4.20. The van der Waals surface area contributed by atoms with Gasteiger partial charge >= 0.3 is 0 Å². The molecular weight excluding hydrogens is 465 g/mol. The van der Waals surface area contributed by atoms with E-state index in [0.29, 0.717) is 12.5 Å². The number of nitrogens with zero attached hydrogens (tertiary/aromatic N) is 3. The van der Waals surface area contributed by atoms with Crippen LogP contribution in [0.5, 0.6) is 0 Å². The number of guanidine groups is 1. The Morgan fingerprint density at radius 1 is 1.28 bits per heavy atom. The molecule has 0 bridgehead atoms. The number of aryl methyl sites for hydroxylation is 1. The summed E-state index contributed by atoms with van der Waals surface area (Å²) in [5, 5.41) is 11.1. The van der Waals surface area contributed by atoms with Crippen LogP contribution in [0.15, 0.2) is 16.6 Å². The van der Waals surface area contributed by atoms with Crippen LogP contribution in [-0.2, 0) is 19.4 Å². The van der Waals surface area contributed by atoms with Crippen molar-refractivity contribution in [3.8, 4) is 0 Å². The summed E-state index contributed by atoms with van der Waals surface area (Å²) in [6, 6.07) is 0. The first-order valence-electron chi connectivity index (χ1n) is 8.52. The van der Waals surface area contributed by atoms with Crippen LogP contribution in [-0.4, -0.2) is 29.0 Å². The Bertz CT molecular complexity index is 651. The molecule has 0 aliphatic carbocycles. The second-order valence-electron chi connectivity index (χ2n) is 5.78. The number of thiazole rings is 2. The van der Waals surface area contributed by atoms with Crippen molar-refractivity contribution in [3.63, 3.8) is 0 Å². The van der Waals surface area contributed by atoms with Crippen molar-refractivity contribution in [2.24, 2.45) is 4.99 Å². The van der Waals surface area contributed by atoms with E-state index in [-0.39, 0.29) is 24.0 Å². The summed E-state index contributed by atoms with van der Waals surface area (Å²) in [4.78, 5) is 15.1. The minimum atomic E-state index is 0. The summed E-state index contributed by atoms with van der Waals surface area (Å²) in [6.45, 7) is 10.9. The Hall–Kier alpha value is -0.740. The molecule has 0 amide bonds. The monoisotopic (exact) mass is 493 g/mol. The fourth-order valence-electron chi connectivity index (χ4n) is 2.08. The third-order valence-corrected chi connectivity index (χ3v) is 5.78. The lowest BCUT2D eigenvalue weighted by molar-refractivity contribution is 0.791. The van der Waals surface area contributed by atoms with E-state index in [0.717, 1.165) is 37.6 Å². The maximum Gasteiger partial charge on any atom is 0.191 e. The lowest BCUT2D eigenvalue weighted by Gasteiger charge is -2.10. The van der Waals surface area contributed by atoms with Gasteiger partial charge in [0.1, 0.15) is 0 Å². The van der Waals surface area contributed by atoms with Crippen LogP contribution in [0.1, 0.15) is 54.2 Å². The van der Waals surface area contributed by atoms with Crippen LogP contribution in [0.3, 0.4) is 0 Å². The molecule has 2 rings (SSSR count). The van der Waals surface area contributed by atoms with E-state index in [9.17, 15) is 0 Å². The van der Waals surface area contributed by atoms with Gasteiger partial charge in [0.15, 0.2) is 5.96 Å². The number of halogens is 1. The molecular formula is C17H28IN5S2. The molecule has 2 heterocycles. The molecule has 140 valence electrons. The van der Waals surface area contributed by atoms with Crippen LogP contribution >= 0.6 is 46.7 Å². The van der Waals surface area contributed by atoms with Gasteiger partial charge in [-0.2, -0.15) is 0 Å². The number of aromatic nitrogens is 2. The van der Waals surface area contributed by atoms with Crippen molar-refractivity contribution >= 4 is 52.6 Å². The third kappa shape index (κ3) is 7.57. The summed E-state index contributed by atoms with van der Waals surface area (Å²) >= 11 is 3.51. The number of aliphatic imine (C=N–C) groups is 1. The van der Waals surface area contributed by atoms with Gasteiger partial charge in [0.05, 0.1) is 22.3 Å². The Kier molecular flexibility index (Phi) is 10.5. The van der Waals surface area contributed by atoms with Crippen LogP contribution in [0, 0.1) is 0 Å².